The number of fused-ring (bicyclic) bond motifs is 1. The van der Waals surface area contributed by atoms with Gasteiger partial charge in [-0.3, -0.25) is 0 Å². The third-order valence-corrected chi connectivity index (χ3v) is 3.41. The van der Waals surface area contributed by atoms with Crippen molar-refractivity contribution in [1.29, 1.82) is 0 Å². The molecule has 0 heterocycles. The second-order valence-electron chi connectivity index (χ2n) is 4.85. The molecule has 0 saturated heterocycles. The van der Waals surface area contributed by atoms with Crippen molar-refractivity contribution in [3.8, 4) is 5.75 Å². The molecule has 0 bridgehead atoms. The summed E-state index contributed by atoms with van der Waals surface area (Å²) in [6.07, 6.45) is 0.557. The number of nitrogens with one attached hydrogen (secondary N) is 1. The molecule has 0 amide bonds. The molecule has 0 saturated carbocycles. The monoisotopic (exact) mass is 329 g/mol. The molecule has 116 valence electrons. The van der Waals surface area contributed by atoms with E-state index in [1.807, 2.05) is 36.4 Å². The smallest absolute Gasteiger partial charge is 0.138 e. The maximum absolute atomic E-state index is 9.11. The molecule has 0 aliphatic carbocycles. The minimum Gasteiger partial charge on any atom is -0.492 e. The molecule has 2 rings (SSSR count). The Morgan fingerprint density at radius 3 is 2.76 bits per heavy atom. The van der Waals surface area contributed by atoms with Crippen LogP contribution >= 0.6 is 24.0 Å². The molecule has 0 fully saturated rings. The highest BCUT2D eigenvalue weighted by atomic mass is 35.5. The fourth-order valence-corrected chi connectivity index (χ4v) is 2.30. The summed E-state index contributed by atoms with van der Waals surface area (Å²) in [6, 6.07) is 11.9. The van der Waals surface area contributed by atoms with Crippen molar-refractivity contribution in [2.45, 2.75) is 19.4 Å². The highest BCUT2D eigenvalue weighted by molar-refractivity contribution is 6.37. The molecule has 2 aromatic carbocycles. The van der Waals surface area contributed by atoms with Crippen LogP contribution in [0.1, 0.15) is 13.3 Å². The van der Waals surface area contributed by atoms with E-state index in [4.69, 9.17) is 21.4 Å². The van der Waals surface area contributed by atoms with Crippen LogP contribution in [0, 0.1) is 0 Å². The van der Waals surface area contributed by atoms with E-state index in [1.165, 1.54) is 0 Å². The van der Waals surface area contributed by atoms with Crippen LogP contribution in [0.15, 0.2) is 36.4 Å². The van der Waals surface area contributed by atoms with Gasteiger partial charge in [-0.15, -0.1) is 12.4 Å². The summed E-state index contributed by atoms with van der Waals surface area (Å²) in [5.41, 5.74) is 0. The number of aliphatic hydroxyl groups excluding tert-OH is 1. The minimum absolute atomic E-state index is 0. The number of aliphatic hydroxyl groups is 1. The van der Waals surface area contributed by atoms with Gasteiger partial charge in [0.05, 0.1) is 17.7 Å². The Bertz CT molecular complexity index is 561. The van der Waals surface area contributed by atoms with Gasteiger partial charge in [-0.2, -0.15) is 0 Å². The predicted molar refractivity (Wildman–Crippen MR) is 90.9 cm³/mol. The second kappa shape index (κ2) is 9.11. The van der Waals surface area contributed by atoms with Crippen LogP contribution in [-0.2, 0) is 0 Å². The van der Waals surface area contributed by atoms with Crippen molar-refractivity contribution in [3.05, 3.63) is 41.4 Å². The first-order valence-electron chi connectivity index (χ1n) is 6.87. The third-order valence-electron chi connectivity index (χ3n) is 3.02. The van der Waals surface area contributed by atoms with E-state index in [1.54, 1.807) is 6.92 Å². The standard InChI is InChI=1S/C16H20ClNO2.ClH/c1-12(19)11-18-9-4-10-20-15-8-7-13-5-2-3-6-14(13)16(15)17;/h2-3,5-8,12,18-19H,4,9-11H2,1H3;1H. The van der Waals surface area contributed by atoms with Crippen LogP contribution in [0.5, 0.6) is 5.75 Å². The number of rotatable bonds is 7. The van der Waals surface area contributed by atoms with E-state index in [9.17, 15) is 0 Å². The molecule has 3 nitrogen and oxygen atoms in total. The zero-order valence-corrected chi connectivity index (χ0v) is 13.6. The van der Waals surface area contributed by atoms with Crippen molar-refractivity contribution in [2.75, 3.05) is 19.7 Å². The summed E-state index contributed by atoms with van der Waals surface area (Å²) in [7, 11) is 0. The first-order chi connectivity index (χ1) is 9.68. The van der Waals surface area contributed by atoms with Crippen LogP contribution in [-0.4, -0.2) is 30.9 Å². The summed E-state index contributed by atoms with van der Waals surface area (Å²) in [5.74, 6) is 0.723. The highest BCUT2D eigenvalue weighted by Gasteiger charge is 2.05. The van der Waals surface area contributed by atoms with Crippen molar-refractivity contribution in [3.63, 3.8) is 0 Å². The second-order valence-corrected chi connectivity index (χ2v) is 5.23. The van der Waals surface area contributed by atoms with Gasteiger partial charge >= 0.3 is 0 Å². The molecular formula is C16H21Cl2NO2. The maximum Gasteiger partial charge on any atom is 0.138 e. The molecule has 1 unspecified atom stereocenters. The van der Waals surface area contributed by atoms with Gasteiger partial charge in [0, 0.05) is 11.9 Å². The molecule has 0 aliphatic heterocycles. The fourth-order valence-electron chi connectivity index (χ4n) is 2.02. The molecule has 0 aliphatic rings. The summed E-state index contributed by atoms with van der Waals surface area (Å²) in [4.78, 5) is 0. The van der Waals surface area contributed by atoms with Gasteiger partial charge in [0.1, 0.15) is 5.75 Å². The Morgan fingerprint density at radius 2 is 2.00 bits per heavy atom. The van der Waals surface area contributed by atoms with Crippen LogP contribution in [0.4, 0.5) is 0 Å². The molecule has 5 heteroatoms. The first kappa shape index (κ1) is 18.1. The van der Waals surface area contributed by atoms with E-state index < -0.39 is 0 Å². The summed E-state index contributed by atoms with van der Waals surface area (Å²) in [6.45, 7) is 3.79. The molecule has 2 N–H and O–H groups in total. The van der Waals surface area contributed by atoms with Crippen molar-refractivity contribution < 1.29 is 9.84 Å². The maximum atomic E-state index is 9.11. The minimum atomic E-state index is -0.314. The Morgan fingerprint density at radius 1 is 1.24 bits per heavy atom. The normalized spacial score (nSPS) is 12.0. The van der Waals surface area contributed by atoms with Crippen molar-refractivity contribution in [2.24, 2.45) is 0 Å². The predicted octanol–water partition coefficient (Wildman–Crippen LogP) is 3.65. The third kappa shape index (κ3) is 5.36. The lowest BCUT2D eigenvalue weighted by Gasteiger charge is -2.11. The van der Waals surface area contributed by atoms with Gasteiger partial charge in [-0.25, -0.2) is 0 Å². The lowest BCUT2D eigenvalue weighted by atomic mass is 10.1. The van der Waals surface area contributed by atoms with E-state index in [-0.39, 0.29) is 18.5 Å². The van der Waals surface area contributed by atoms with E-state index in [2.05, 4.69) is 5.32 Å². The molecule has 0 aromatic heterocycles. The largest absolute Gasteiger partial charge is 0.492 e. The fraction of sp³-hybridized carbons (Fsp3) is 0.375. The molecule has 0 radical (unpaired) electrons. The van der Waals surface area contributed by atoms with E-state index >= 15 is 0 Å². The molecule has 2 aromatic rings. The topological polar surface area (TPSA) is 41.5 Å². The molecule has 21 heavy (non-hydrogen) atoms. The molecule has 0 spiro atoms. The van der Waals surface area contributed by atoms with Crippen LogP contribution in [0.3, 0.4) is 0 Å². The average molecular weight is 330 g/mol. The lowest BCUT2D eigenvalue weighted by Crippen LogP contribution is -2.26. The van der Waals surface area contributed by atoms with Crippen LogP contribution < -0.4 is 10.1 Å². The highest BCUT2D eigenvalue weighted by Crippen LogP contribution is 2.32. The van der Waals surface area contributed by atoms with Crippen molar-refractivity contribution >= 4 is 34.8 Å². The van der Waals surface area contributed by atoms with E-state index in [0.29, 0.717) is 18.2 Å². The van der Waals surface area contributed by atoms with Gasteiger partial charge in [0.15, 0.2) is 0 Å². The van der Waals surface area contributed by atoms with Gasteiger partial charge in [-0.05, 0) is 31.3 Å². The summed E-state index contributed by atoms with van der Waals surface area (Å²) < 4.78 is 5.72. The Balaban J connectivity index is 0.00000220. The Kier molecular flexibility index (Phi) is 7.83. The SMILES string of the molecule is CC(O)CNCCCOc1ccc2ccccc2c1Cl.Cl. The zero-order valence-electron chi connectivity index (χ0n) is 12.0. The van der Waals surface area contributed by atoms with Gasteiger partial charge < -0.3 is 15.2 Å². The van der Waals surface area contributed by atoms with Gasteiger partial charge in [-0.1, -0.05) is 41.9 Å². The number of hydrogen-bond acceptors (Lipinski definition) is 3. The number of hydrogen-bond donors (Lipinski definition) is 2. The van der Waals surface area contributed by atoms with Gasteiger partial charge in [0.25, 0.3) is 0 Å². The zero-order chi connectivity index (χ0) is 14.4. The number of ether oxygens (including phenoxy) is 1. The van der Waals surface area contributed by atoms with Crippen molar-refractivity contribution in [1.82, 2.24) is 5.32 Å². The van der Waals surface area contributed by atoms with Crippen LogP contribution in [0.25, 0.3) is 10.8 Å². The first-order valence-corrected chi connectivity index (χ1v) is 7.25. The average Bonchev–Trinajstić information content (AvgIpc) is 2.45. The van der Waals surface area contributed by atoms with Crippen LogP contribution in [0.2, 0.25) is 5.02 Å². The number of benzene rings is 2. The molecule has 1 atom stereocenters. The quantitative estimate of drug-likeness (QED) is 0.762. The number of halogens is 2. The Hall–Kier alpha value is -1.000. The summed E-state index contributed by atoms with van der Waals surface area (Å²) in [5, 5.41) is 15.1. The Labute approximate surface area is 136 Å². The lowest BCUT2D eigenvalue weighted by molar-refractivity contribution is 0.190. The van der Waals surface area contributed by atoms with E-state index in [0.717, 1.165) is 29.5 Å². The molecular weight excluding hydrogens is 309 g/mol. The summed E-state index contributed by atoms with van der Waals surface area (Å²) >= 11 is 6.35. The van der Waals surface area contributed by atoms with Gasteiger partial charge in [0.2, 0.25) is 0 Å².